The Morgan fingerprint density at radius 2 is 2.10 bits per heavy atom. The lowest BCUT2D eigenvalue weighted by Gasteiger charge is -2.21. The molecular formula is C15H23ClN2O2. The Labute approximate surface area is 125 Å². The highest BCUT2D eigenvalue weighted by atomic mass is 35.5. The fourth-order valence-electron chi connectivity index (χ4n) is 1.78. The average Bonchev–Trinajstić information content (AvgIpc) is 2.38. The van der Waals surface area contributed by atoms with E-state index in [1.165, 1.54) is 0 Å². The third-order valence-electron chi connectivity index (χ3n) is 3.18. The molecule has 0 aliphatic carbocycles. The normalized spacial score (nSPS) is 11.2. The van der Waals surface area contributed by atoms with Gasteiger partial charge in [0.05, 0.1) is 0 Å². The fraction of sp³-hybridized carbons (Fsp3) is 0.533. The number of carbonyl (C=O) groups excluding carboxylic acids is 1. The first kappa shape index (κ1) is 16.8. The zero-order valence-electron chi connectivity index (χ0n) is 12.3. The number of nitrogens with one attached hydrogen (secondary N) is 2. The number of hydrogen-bond donors (Lipinski definition) is 3. The third-order valence-corrected chi connectivity index (χ3v) is 3.42. The molecule has 0 bridgehead atoms. The van der Waals surface area contributed by atoms with Crippen molar-refractivity contribution in [3.05, 3.63) is 28.8 Å². The highest BCUT2D eigenvalue weighted by Gasteiger charge is 2.15. The van der Waals surface area contributed by atoms with Crippen LogP contribution >= 0.6 is 11.6 Å². The van der Waals surface area contributed by atoms with Gasteiger partial charge in [-0.3, -0.25) is 0 Å². The highest BCUT2D eigenvalue weighted by molar-refractivity contribution is 6.30. The van der Waals surface area contributed by atoms with Crippen molar-refractivity contribution in [3.63, 3.8) is 0 Å². The lowest BCUT2D eigenvalue weighted by molar-refractivity contribution is 0.148. The zero-order valence-corrected chi connectivity index (χ0v) is 13.0. The summed E-state index contributed by atoms with van der Waals surface area (Å²) in [6.07, 6.45) is 1.70. The van der Waals surface area contributed by atoms with E-state index in [2.05, 4.69) is 10.6 Å². The molecule has 20 heavy (non-hydrogen) atoms. The van der Waals surface area contributed by atoms with Crippen LogP contribution < -0.4 is 10.6 Å². The minimum atomic E-state index is -0.225. The van der Waals surface area contributed by atoms with E-state index in [4.69, 9.17) is 16.7 Å². The summed E-state index contributed by atoms with van der Waals surface area (Å²) in [7, 11) is 0. The van der Waals surface area contributed by atoms with Gasteiger partial charge in [-0.15, -0.1) is 0 Å². The largest absolute Gasteiger partial charge is 0.396 e. The molecule has 0 aliphatic heterocycles. The number of carbonyl (C=O) groups is 1. The van der Waals surface area contributed by atoms with Crippen LogP contribution in [0.2, 0.25) is 5.02 Å². The van der Waals surface area contributed by atoms with E-state index in [-0.39, 0.29) is 18.1 Å². The predicted molar refractivity (Wildman–Crippen MR) is 83.3 cm³/mol. The van der Waals surface area contributed by atoms with Crippen molar-refractivity contribution in [2.24, 2.45) is 5.41 Å². The predicted octanol–water partition coefficient (Wildman–Crippen LogP) is 3.57. The summed E-state index contributed by atoms with van der Waals surface area (Å²) in [5.74, 6) is 0. The van der Waals surface area contributed by atoms with E-state index >= 15 is 0 Å². The Morgan fingerprint density at radius 3 is 2.70 bits per heavy atom. The number of urea groups is 1. The molecule has 112 valence electrons. The minimum absolute atomic E-state index is 0.0923. The van der Waals surface area contributed by atoms with Gasteiger partial charge in [0.25, 0.3) is 0 Å². The van der Waals surface area contributed by atoms with Crippen LogP contribution in [0.3, 0.4) is 0 Å². The second-order valence-electron chi connectivity index (χ2n) is 5.77. The third kappa shape index (κ3) is 5.80. The molecule has 0 fully saturated rings. The van der Waals surface area contributed by atoms with Gasteiger partial charge < -0.3 is 15.7 Å². The summed E-state index contributed by atoms with van der Waals surface area (Å²) < 4.78 is 0. The van der Waals surface area contributed by atoms with E-state index < -0.39 is 0 Å². The first-order chi connectivity index (χ1) is 9.34. The van der Waals surface area contributed by atoms with E-state index in [0.29, 0.717) is 11.6 Å². The molecule has 1 aromatic carbocycles. The summed E-state index contributed by atoms with van der Waals surface area (Å²) >= 11 is 5.86. The number of amides is 2. The van der Waals surface area contributed by atoms with Crippen LogP contribution in [0.25, 0.3) is 0 Å². The fourth-order valence-corrected chi connectivity index (χ4v) is 2.01. The summed E-state index contributed by atoms with van der Waals surface area (Å²) in [6.45, 7) is 6.64. The molecular weight excluding hydrogens is 276 g/mol. The molecule has 2 amide bonds. The number of aliphatic hydroxyl groups excluding tert-OH is 1. The molecule has 3 N–H and O–H groups in total. The van der Waals surface area contributed by atoms with E-state index in [0.717, 1.165) is 24.1 Å². The van der Waals surface area contributed by atoms with Gasteiger partial charge in [-0.25, -0.2) is 4.79 Å². The molecule has 0 saturated heterocycles. The molecule has 4 nitrogen and oxygen atoms in total. The summed E-state index contributed by atoms with van der Waals surface area (Å²) in [5.41, 5.74) is 1.59. The molecule has 5 heteroatoms. The molecule has 0 heterocycles. The zero-order chi connectivity index (χ0) is 15.2. The van der Waals surface area contributed by atoms with Crippen molar-refractivity contribution >= 4 is 23.3 Å². The Balaban J connectivity index is 2.34. The topological polar surface area (TPSA) is 61.4 Å². The molecule has 0 spiro atoms. The quantitative estimate of drug-likeness (QED) is 0.703. The SMILES string of the molecule is Cc1cc(Cl)ccc1NC(=O)NCCCC(C)(C)CO. The van der Waals surface area contributed by atoms with Gasteiger partial charge in [0.15, 0.2) is 0 Å². The summed E-state index contributed by atoms with van der Waals surface area (Å²) in [6, 6.07) is 5.11. The van der Waals surface area contributed by atoms with Crippen molar-refractivity contribution in [2.75, 3.05) is 18.5 Å². The monoisotopic (exact) mass is 298 g/mol. The number of rotatable bonds is 6. The molecule has 1 rings (SSSR count). The maximum Gasteiger partial charge on any atom is 0.319 e. The molecule has 0 unspecified atom stereocenters. The van der Waals surface area contributed by atoms with Gasteiger partial charge in [0.2, 0.25) is 0 Å². The van der Waals surface area contributed by atoms with Gasteiger partial charge in [0.1, 0.15) is 0 Å². The maximum absolute atomic E-state index is 11.7. The molecule has 0 aliphatic rings. The van der Waals surface area contributed by atoms with Crippen molar-refractivity contribution in [3.8, 4) is 0 Å². The Morgan fingerprint density at radius 1 is 1.40 bits per heavy atom. The van der Waals surface area contributed by atoms with Crippen LogP contribution in [0.15, 0.2) is 18.2 Å². The number of hydrogen-bond acceptors (Lipinski definition) is 2. The van der Waals surface area contributed by atoms with Gasteiger partial charge in [0, 0.05) is 23.9 Å². The lowest BCUT2D eigenvalue weighted by atomic mass is 9.89. The number of benzene rings is 1. The van der Waals surface area contributed by atoms with Gasteiger partial charge in [-0.1, -0.05) is 25.4 Å². The standard InChI is InChI=1S/C15H23ClN2O2/c1-11-9-12(16)5-6-13(11)18-14(20)17-8-4-7-15(2,3)10-19/h5-6,9,19H,4,7-8,10H2,1-3H3,(H2,17,18,20). The molecule has 1 aromatic rings. The van der Waals surface area contributed by atoms with Gasteiger partial charge in [-0.05, 0) is 48.9 Å². The van der Waals surface area contributed by atoms with Gasteiger partial charge in [-0.2, -0.15) is 0 Å². The lowest BCUT2D eigenvalue weighted by Crippen LogP contribution is -2.30. The van der Waals surface area contributed by atoms with Crippen LogP contribution in [-0.4, -0.2) is 24.3 Å². The Hall–Kier alpha value is -1.26. The highest BCUT2D eigenvalue weighted by Crippen LogP contribution is 2.21. The van der Waals surface area contributed by atoms with Crippen LogP contribution in [0, 0.1) is 12.3 Å². The Kier molecular flexibility index (Phi) is 6.30. The number of halogens is 1. The molecule has 0 saturated carbocycles. The second kappa shape index (κ2) is 7.50. The smallest absolute Gasteiger partial charge is 0.319 e. The van der Waals surface area contributed by atoms with Crippen LogP contribution in [-0.2, 0) is 0 Å². The van der Waals surface area contributed by atoms with Crippen molar-refractivity contribution in [2.45, 2.75) is 33.6 Å². The van der Waals surface area contributed by atoms with E-state index in [1.807, 2.05) is 20.8 Å². The van der Waals surface area contributed by atoms with Crippen LogP contribution in [0.4, 0.5) is 10.5 Å². The summed E-state index contributed by atoms with van der Waals surface area (Å²) in [5, 5.41) is 15.4. The van der Waals surface area contributed by atoms with Crippen LogP contribution in [0.1, 0.15) is 32.3 Å². The molecule has 0 aromatic heterocycles. The number of aliphatic hydroxyl groups is 1. The average molecular weight is 299 g/mol. The first-order valence-electron chi connectivity index (χ1n) is 6.76. The van der Waals surface area contributed by atoms with E-state index in [1.54, 1.807) is 18.2 Å². The summed E-state index contributed by atoms with van der Waals surface area (Å²) in [4.78, 5) is 11.7. The number of aryl methyl sites for hydroxylation is 1. The molecule has 0 radical (unpaired) electrons. The maximum atomic E-state index is 11.7. The van der Waals surface area contributed by atoms with Crippen molar-refractivity contribution in [1.29, 1.82) is 0 Å². The first-order valence-corrected chi connectivity index (χ1v) is 7.14. The van der Waals surface area contributed by atoms with E-state index in [9.17, 15) is 4.79 Å². The second-order valence-corrected chi connectivity index (χ2v) is 6.20. The minimum Gasteiger partial charge on any atom is -0.396 e. The van der Waals surface area contributed by atoms with Gasteiger partial charge >= 0.3 is 6.03 Å². The van der Waals surface area contributed by atoms with Crippen molar-refractivity contribution < 1.29 is 9.90 Å². The number of anilines is 1. The molecule has 0 atom stereocenters. The Bertz CT molecular complexity index is 461. The van der Waals surface area contributed by atoms with Crippen molar-refractivity contribution in [1.82, 2.24) is 5.32 Å². The van der Waals surface area contributed by atoms with Crippen LogP contribution in [0.5, 0.6) is 0 Å².